The van der Waals surface area contributed by atoms with Crippen molar-refractivity contribution in [2.45, 2.75) is 63.7 Å². The lowest BCUT2D eigenvalue weighted by molar-refractivity contribution is -0.144. The molecule has 0 aliphatic rings. The normalized spacial score (nSPS) is 14.8. The van der Waals surface area contributed by atoms with Gasteiger partial charge >= 0.3 is 5.97 Å². The summed E-state index contributed by atoms with van der Waals surface area (Å²) in [5.41, 5.74) is 12.7. The number of carboxylic acids is 1. The molecule has 0 fully saturated rings. The van der Waals surface area contributed by atoms with Crippen molar-refractivity contribution >= 4 is 29.6 Å². The fourth-order valence-corrected chi connectivity index (χ4v) is 3.68. The number of nitrogens with one attached hydrogen (secondary N) is 4. The first-order valence-electron chi connectivity index (χ1n) is 12.2. The average molecular weight is 530 g/mol. The second-order valence-corrected chi connectivity index (χ2v) is 9.08. The lowest BCUT2D eigenvalue weighted by Gasteiger charge is -2.26. The summed E-state index contributed by atoms with van der Waals surface area (Å²) in [6.45, 7) is 3.42. The lowest BCUT2D eigenvalue weighted by Crippen LogP contribution is -2.59. The van der Waals surface area contributed by atoms with Crippen molar-refractivity contribution in [1.29, 1.82) is 0 Å². The van der Waals surface area contributed by atoms with Crippen molar-refractivity contribution in [2.75, 3.05) is 0 Å². The summed E-state index contributed by atoms with van der Waals surface area (Å²) in [4.78, 5) is 69.1. The smallest absolute Gasteiger partial charge is 0.326 e. The molecule has 38 heavy (non-hydrogen) atoms. The maximum absolute atomic E-state index is 13.3. The second-order valence-electron chi connectivity index (χ2n) is 9.08. The van der Waals surface area contributed by atoms with Crippen molar-refractivity contribution in [3.05, 3.63) is 54.1 Å². The van der Waals surface area contributed by atoms with Crippen LogP contribution in [0, 0.1) is 5.92 Å². The maximum Gasteiger partial charge on any atom is 0.326 e. The SMILES string of the molecule is CCC(C)C(NC(=O)C(CC(N)=O)NC(=O)C(Cc1ccccc1)NC(=O)C(N)Cc1cnc[nH]1)C(=O)O. The fourth-order valence-electron chi connectivity index (χ4n) is 3.68. The topological polar surface area (TPSA) is 222 Å². The summed E-state index contributed by atoms with van der Waals surface area (Å²) < 4.78 is 0. The van der Waals surface area contributed by atoms with Gasteiger partial charge in [-0.2, -0.15) is 0 Å². The minimum absolute atomic E-state index is 0.0602. The van der Waals surface area contributed by atoms with Crippen LogP contribution in [0.4, 0.5) is 0 Å². The number of carboxylic acid groups (broad SMARTS) is 1. The first-order chi connectivity index (χ1) is 18.0. The third-order valence-electron chi connectivity index (χ3n) is 6.06. The predicted octanol–water partition coefficient (Wildman–Crippen LogP) is -1.02. The van der Waals surface area contributed by atoms with Crippen LogP contribution in [0.3, 0.4) is 0 Å². The van der Waals surface area contributed by atoms with Gasteiger partial charge in [0.1, 0.15) is 18.1 Å². The molecule has 5 unspecified atom stereocenters. The van der Waals surface area contributed by atoms with Gasteiger partial charge in [-0.3, -0.25) is 19.2 Å². The molecule has 2 aromatic rings. The predicted molar refractivity (Wildman–Crippen MR) is 137 cm³/mol. The third kappa shape index (κ3) is 9.32. The molecule has 206 valence electrons. The summed E-state index contributed by atoms with van der Waals surface area (Å²) in [6, 6.07) is 3.98. The summed E-state index contributed by atoms with van der Waals surface area (Å²) in [5, 5.41) is 16.9. The maximum atomic E-state index is 13.3. The Bertz CT molecular complexity index is 1090. The number of aromatic amines is 1. The molecule has 4 amide bonds. The molecule has 0 bridgehead atoms. The molecular formula is C25H35N7O6. The molecule has 1 heterocycles. The second kappa shape index (κ2) is 14.5. The van der Waals surface area contributed by atoms with Crippen LogP contribution in [0.5, 0.6) is 0 Å². The third-order valence-corrected chi connectivity index (χ3v) is 6.06. The number of hydrogen-bond acceptors (Lipinski definition) is 7. The highest BCUT2D eigenvalue weighted by atomic mass is 16.4. The van der Waals surface area contributed by atoms with E-state index in [0.717, 1.165) is 0 Å². The van der Waals surface area contributed by atoms with Crippen LogP contribution in [0.25, 0.3) is 0 Å². The largest absolute Gasteiger partial charge is 0.480 e. The van der Waals surface area contributed by atoms with E-state index >= 15 is 0 Å². The molecule has 5 atom stereocenters. The van der Waals surface area contributed by atoms with Gasteiger partial charge < -0.3 is 37.5 Å². The van der Waals surface area contributed by atoms with E-state index in [1.54, 1.807) is 44.2 Å². The first-order valence-corrected chi connectivity index (χ1v) is 12.2. The van der Waals surface area contributed by atoms with Gasteiger partial charge in [-0.15, -0.1) is 0 Å². The minimum atomic E-state index is -1.46. The molecule has 13 heteroatoms. The fraction of sp³-hybridized carbons (Fsp3) is 0.440. The van der Waals surface area contributed by atoms with E-state index in [-0.39, 0.29) is 12.8 Å². The highest BCUT2D eigenvalue weighted by Crippen LogP contribution is 2.10. The Kier molecular flexibility index (Phi) is 11.4. The number of primary amides is 1. The van der Waals surface area contributed by atoms with Crippen molar-refractivity contribution in [1.82, 2.24) is 25.9 Å². The van der Waals surface area contributed by atoms with Gasteiger partial charge in [0.2, 0.25) is 23.6 Å². The number of imidazole rings is 1. The van der Waals surface area contributed by atoms with Gasteiger partial charge in [0, 0.05) is 24.7 Å². The summed E-state index contributed by atoms with van der Waals surface area (Å²) in [5.74, 6) is -4.82. The Balaban J connectivity index is 2.22. The summed E-state index contributed by atoms with van der Waals surface area (Å²) in [6.07, 6.45) is 3.07. The van der Waals surface area contributed by atoms with Crippen LogP contribution in [-0.4, -0.2) is 68.8 Å². The Morgan fingerprint density at radius 1 is 0.974 bits per heavy atom. The summed E-state index contributed by atoms with van der Waals surface area (Å²) >= 11 is 0. The number of hydrogen-bond donors (Lipinski definition) is 7. The van der Waals surface area contributed by atoms with Crippen molar-refractivity contribution in [3.63, 3.8) is 0 Å². The number of carbonyl (C=O) groups excluding carboxylic acids is 4. The van der Waals surface area contributed by atoms with Crippen LogP contribution in [0.1, 0.15) is 37.9 Å². The van der Waals surface area contributed by atoms with Crippen molar-refractivity contribution in [2.24, 2.45) is 17.4 Å². The molecule has 0 aliphatic heterocycles. The Morgan fingerprint density at radius 3 is 2.16 bits per heavy atom. The molecule has 9 N–H and O–H groups in total. The highest BCUT2D eigenvalue weighted by Gasteiger charge is 2.32. The zero-order chi connectivity index (χ0) is 28.2. The van der Waals surface area contributed by atoms with Crippen LogP contribution < -0.4 is 27.4 Å². The molecule has 13 nitrogen and oxygen atoms in total. The monoisotopic (exact) mass is 529 g/mol. The minimum Gasteiger partial charge on any atom is -0.480 e. The summed E-state index contributed by atoms with van der Waals surface area (Å²) in [7, 11) is 0. The zero-order valence-electron chi connectivity index (χ0n) is 21.3. The van der Waals surface area contributed by atoms with Gasteiger partial charge in [-0.1, -0.05) is 50.6 Å². The number of nitrogens with zero attached hydrogens (tertiary/aromatic N) is 1. The highest BCUT2D eigenvalue weighted by molar-refractivity contribution is 5.96. The molecule has 0 saturated carbocycles. The number of H-pyrrole nitrogens is 1. The number of aliphatic carboxylic acids is 1. The van der Waals surface area contributed by atoms with Gasteiger partial charge in [-0.05, 0) is 11.5 Å². The van der Waals surface area contributed by atoms with E-state index in [1.165, 1.54) is 12.5 Å². The number of carbonyl (C=O) groups is 5. The van der Waals surface area contributed by atoms with Gasteiger partial charge in [0.25, 0.3) is 0 Å². The molecule has 1 aromatic carbocycles. The number of benzene rings is 1. The van der Waals surface area contributed by atoms with Gasteiger partial charge in [0.15, 0.2) is 0 Å². The molecule has 2 rings (SSSR count). The Labute approximate surface area is 220 Å². The lowest BCUT2D eigenvalue weighted by atomic mass is 9.98. The van der Waals surface area contributed by atoms with Crippen molar-refractivity contribution in [3.8, 4) is 0 Å². The molecule has 1 aromatic heterocycles. The van der Waals surface area contributed by atoms with E-state index in [4.69, 9.17) is 11.5 Å². The van der Waals surface area contributed by atoms with Crippen LogP contribution in [-0.2, 0) is 36.8 Å². The molecule has 0 radical (unpaired) electrons. The van der Waals surface area contributed by atoms with E-state index in [1.807, 2.05) is 0 Å². The average Bonchev–Trinajstić information content (AvgIpc) is 3.38. The quantitative estimate of drug-likeness (QED) is 0.151. The van der Waals surface area contributed by atoms with Gasteiger partial charge in [-0.25, -0.2) is 9.78 Å². The molecular weight excluding hydrogens is 494 g/mol. The van der Waals surface area contributed by atoms with E-state index in [2.05, 4.69) is 25.9 Å². The Hall–Kier alpha value is -4.26. The zero-order valence-corrected chi connectivity index (χ0v) is 21.3. The van der Waals surface area contributed by atoms with E-state index < -0.39 is 66.1 Å². The van der Waals surface area contributed by atoms with Crippen LogP contribution in [0.15, 0.2) is 42.9 Å². The first kappa shape index (κ1) is 30.0. The van der Waals surface area contributed by atoms with E-state index in [9.17, 15) is 29.1 Å². The molecule has 0 spiro atoms. The number of aromatic nitrogens is 2. The van der Waals surface area contributed by atoms with Crippen LogP contribution >= 0.6 is 0 Å². The van der Waals surface area contributed by atoms with Crippen molar-refractivity contribution < 1.29 is 29.1 Å². The number of amides is 4. The molecule has 0 saturated heterocycles. The standard InChI is InChI=1S/C25H35N7O6/c1-3-14(2)21(25(37)38)32-24(36)19(11-20(27)33)31-23(35)18(9-15-7-5-4-6-8-15)30-22(34)17(26)10-16-12-28-13-29-16/h4-8,12-14,17-19,21H,3,9-11,26H2,1-2H3,(H2,27,33)(H,28,29)(H,30,34)(H,31,35)(H,32,36)(H,37,38). The van der Waals surface area contributed by atoms with E-state index in [0.29, 0.717) is 17.7 Å². The van der Waals surface area contributed by atoms with Crippen LogP contribution in [0.2, 0.25) is 0 Å². The number of nitrogens with two attached hydrogens (primary N) is 2. The van der Waals surface area contributed by atoms with Gasteiger partial charge in [0.05, 0.1) is 18.8 Å². The Morgan fingerprint density at radius 2 is 1.61 bits per heavy atom. The number of rotatable bonds is 15. The molecule has 0 aliphatic carbocycles.